The van der Waals surface area contributed by atoms with E-state index in [1.807, 2.05) is 24.3 Å². The molecule has 28 heavy (non-hydrogen) atoms. The van der Waals surface area contributed by atoms with Crippen LogP contribution in [0.5, 0.6) is 5.75 Å². The first-order chi connectivity index (χ1) is 13.4. The summed E-state index contributed by atoms with van der Waals surface area (Å²) in [4.78, 5) is 37.4. The average Bonchev–Trinajstić information content (AvgIpc) is 3.23. The molecule has 2 amide bonds. The molecule has 2 heterocycles. The molecule has 1 fully saturated rings. The van der Waals surface area contributed by atoms with Gasteiger partial charge in [0.2, 0.25) is 11.8 Å². The molecule has 2 aromatic rings. The minimum atomic E-state index is -1.07. The van der Waals surface area contributed by atoms with Gasteiger partial charge < -0.3 is 24.5 Å². The Hall–Kier alpha value is -3.29. The smallest absolute Gasteiger partial charge is 0.339 e. The first-order valence-corrected chi connectivity index (χ1v) is 8.88. The zero-order chi connectivity index (χ0) is 20.3. The van der Waals surface area contributed by atoms with E-state index in [4.69, 9.17) is 14.3 Å². The molecular weight excluding hydrogens is 364 g/mol. The zero-order valence-corrected chi connectivity index (χ0v) is 15.7. The number of carboxylic acid groups (broad SMARTS) is 1. The second-order valence-electron chi connectivity index (χ2n) is 6.73. The van der Waals surface area contributed by atoms with Crippen molar-refractivity contribution in [2.75, 3.05) is 13.7 Å². The van der Waals surface area contributed by atoms with Gasteiger partial charge in [0.15, 0.2) is 0 Å². The second kappa shape index (κ2) is 8.16. The van der Waals surface area contributed by atoms with Crippen molar-refractivity contribution in [3.05, 3.63) is 53.0 Å². The summed E-state index contributed by atoms with van der Waals surface area (Å²) >= 11 is 0. The van der Waals surface area contributed by atoms with E-state index >= 15 is 0 Å². The lowest BCUT2D eigenvalue weighted by molar-refractivity contribution is -0.129. The summed E-state index contributed by atoms with van der Waals surface area (Å²) in [6.45, 7) is 2.41. The molecule has 1 aromatic heterocycles. The molecule has 8 nitrogen and oxygen atoms in total. The van der Waals surface area contributed by atoms with Gasteiger partial charge in [0.05, 0.1) is 19.6 Å². The van der Waals surface area contributed by atoms with E-state index in [0.717, 1.165) is 11.3 Å². The number of aromatic carboxylic acids is 1. The van der Waals surface area contributed by atoms with E-state index in [9.17, 15) is 14.4 Å². The van der Waals surface area contributed by atoms with Gasteiger partial charge in [-0.2, -0.15) is 0 Å². The third kappa shape index (κ3) is 4.33. The summed E-state index contributed by atoms with van der Waals surface area (Å²) in [7, 11) is 1.59. The van der Waals surface area contributed by atoms with Gasteiger partial charge in [-0.05, 0) is 30.7 Å². The molecule has 1 atom stereocenters. The largest absolute Gasteiger partial charge is 0.497 e. The number of benzene rings is 1. The number of rotatable bonds is 7. The molecule has 0 aliphatic carbocycles. The number of ether oxygens (including phenoxy) is 1. The number of hydrogen-bond donors (Lipinski definition) is 2. The SMILES string of the molecule is COc1ccc(CN2CC(C(=O)NCc3cc(C(=O)O)c(C)o3)CC2=O)cc1. The van der Waals surface area contributed by atoms with Crippen LogP contribution in [0.4, 0.5) is 0 Å². The maximum absolute atomic E-state index is 12.4. The number of nitrogens with zero attached hydrogens (tertiary/aromatic N) is 1. The lowest BCUT2D eigenvalue weighted by atomic mass is 10.1. The molecule has 0 bridgehead atoms. The fourth-order valence-corrected chi connectivity index (χ4v) is 3.21. The summed E-state index contributed by atoms with van der Waals surface area (Å²) in [5, 5.41) is 11.8. The van der Waals surface area contributed by atoms with Crippen molar-refractivity contribution in [1.82, 2.24) is 10.2 Å². The molecule has 1 saturated heterocycles. The van der Waals surface area contributed by atoms with Gasteiger partial charge in [0.25, 0.3) is 0 Å². The number of furan rings is 1. The van der Waals surface area contributed by atoms with Gasteiger partial charge in [0, 0.05) is 19.5 Å². The lowest BCUT2D eigenvalue weighted by Crippen LogP contribution is -2.32. The number of carbonyl (C=O) groups is 3. The predicted octanol–water partition coefficient (Wildman–Crippen LogP) is 1.96. The van der Waals surface area contributed by atoms with Crippen LogP contribution in [-0.4, -0.2) is 41.4 Å². The maximum Gasteiger partial charge on any atom is 0.339 e. The van der Waals surface area contributed by atoms with E-state index in [2.05, 4.69) is 5.32 Å². The molecule has 0 radical (unpaired) electrons. The fraction of sp³-hybridized carbons (Fsp3) is 0.350. The number of nitrogens with one attached hydrogen (secondary N) is 1. The van der Waals surface area contributed by atoms with Crippen molar-refractivity contribution >= 4 is 17.8 Å². The van der Waals surface area contributed by atoms with Gasteiger partial charge in [0.1, 0.15) is 22.8 Å². The molecule has 3 rings (SSSR count). The second-order valence-corrected chi connectivity index (χ2v) is 6.73. The number of carboxylic acids is 1. The Kier molecular flexibility index (Phi) is 5.67. The average molecular weight is 386 g/mol. The van der Waals surface area contributed by atoms with Crippen molar-refractivity contribution in [3.8, 4) is 5.75 Å². The van der Waals surface area contributed by atoms with E-state index in [0.29, 0.717) is 24.6 Å². The van der Waals surface area contributed by atoms with Crippen LogP contribution in [0.2, 0.25) is 0 Å². The van der Waals surface area contributed by atoms with Crippen LogP contribution in [0, 0.1) is 12.8 Å². The number of methoxy groups -OCH3 is 1. The van der Waals surface area contributed by atoms with Crippen LogP contribution < -0.4 is 10.1 Å². The fourth-order valence-electron chi connectivity index (χ4n) is 3.21. The van der Waals surface area contributed by atoms with Crippen molar-refractivity contribution < 1.29 is 28.6 Å². The molecule has 1 aromatic carbocycles. The summed E-state index contributed by atoms with van der Waals surface area (Å²) in [5.74, 6) is -0.446. The Morgan fingerprint density at radius 3 is 2.64 bits per heavy atom. The first-order valence-electron chi connectivity index (χ1n) is 8.88. The summed E-state index contributed by atoms with van der Waals surface area (Å²) in [6.07, 6.45) is 0.152. The van der Waals surface area contributed by atoms with Crippen molar-refractivity contribution in [3.63, 3.8) is 0 Å². The molecule has 0 spiro atoms. The number of aryl methyl sites for hydroxylation is 1. The highest BCUT2D eigenvalue weighted by molar-refractivity contribution is 5.90. The first kappa shape index (κ1) is 19.5. The van der Waals surface area contributed by atoms with Crippen LogP contribution >= 0.6 is 0 Å². The molecule has 2 N–H and O–H groups in total. The number of amides is 2. The highest BCUT2D eigenvalue weighted by Gasteiger charge is 2.34. The minimum absolute atomic E-state index is 0.0713. The molecule has 1 unspecified atom stereocenters. The molecule has 8 heteroatoms. The van der Waals surface area contributed by atoms with E-state index in [-0.39, 0.29) is 30.3 Å². The standard InChI is InChI=1S/C20H22N2O6/c1-12-17(20(25)26)8-16(28-12)9-21-19(24)14-7-18(23)22(11-14)10-13-3-5-15(27-2)6-4-13/h3-6,8,14H,7,9-11H2,1-2H3,(H,21,24)(H,25,26). The quantitative estimate of drug-likeness (QED) is 0.753. The van der Waals surface area contributed by atoms with Gasteiger partial charge in [-0.15, -0.1) is 0 Å². The van der Waals surface area contributed by atoms with Gasteiger partial charge in [-0.25, -0.2) is 4.79 Å². The normalized spacial score (nSPS) is 16.3. The van der Waals surface area contributed by atoms with Crippen LogP contribution in [-0.2, 0) is 22.7 Å². The van der Waals surface area contributed by atoms with E-state index < -0.39 is 11.9 Å². The lowest BCUT2D eigenvalue weighted by Gasteiger charge is -2.17. The summed E-state index contributed by atoms with van der Waals surface area (Å²) in [5.41, 5.74) is 1.04. The maximum atomic E-state index is 12.4. The zero-order valence-electron chi connectivity index (χ0n) is 15.7. The Morgan fingerprint density at radius 1 is 1.32 bits per heavy atom. The van der Waals surface area contributed by atoms with Crippen molar-refractivity contribution in [2.45, 2.75) is 26.4 Å². The number of likely N-dealkylation sites (tertiary alicyclic amines) is 1. The molecule has 1 aliphatic heterocycles. The van der Waals surface area contributed by atoms with Crippen LogP contribution in [0.25, 0.3) is 0 Å². The van der Waals surface area contributed by atoms with Crippen molar-refractivity contribution in [1.29, 1.82) is 0 Å². The summed E-state index contributed by atoms with van der Waals surface area (Å²) in [6, 6.07) is 8.83. The molecule has 0 saturated carbocycles. The van der Waals surface area contributed by atoms with Crippen molar-refractivity contribution in [2.24, 2.45) is 5.92 Å². The van der Waals surface area contributed by atoms with Gasteiger partial charge in [-0.1, -0.05) is 12.1 Å². The van der Waals surface area contributed by atoms with Gasteiger partial charge >= 0.3 is 5.97 Å². The van der Waals surface area contributed by atoms with E-state index in [1.54, 1.807) is 18.9 Å². The highest BCUT2D eigenvalue weighted by atomic mass is 16.5. The van der Waals surface area contributed by atoms with Crippen LogP contribution in [0.3, 0.4) is 0 Å². The Morgan fingerprint density at radius 2 is 2.04 bits per heavy atom. The topological polar surface area (TPSA) is 109 Å². The Labute approximate surface area is 162 Å². The molecular formula is C20H22N2O6. The van der Waals surface area contributed by atoms with Crippen LogP contribution in [0.15, 0.2) is 34.7 Å². The number of hydrogen-bond acceptors (Lipinski definition) is 5. The number of carbonyl (C=O) groups excluding carboxylic acids is 2. The Bertz CT molecular complexity index is 887. The molecule has 148 valence electrons. The third-order valence-corrected chi connectivity index (χ3v) is 4.75. The van der Waals surface area contributed by atoms with Gasteiger partial charge in [-0.3, -0.25) is 9.59 Å². The predicted molar refractivity (Wildman–Crippen MR) is 98.8 cm³/mol. The Balaban J connectivity index is 1.54. The van der Waals surface area contributed by atoms with E-state index in [1.165, 1.54) is 6.07 Å². The van der Waals surface area contributed by atoms with Crippen LogP contribution in [0.1, 0.15) is 33.9 Å². The monoisotopic (exact) mass is 386 g/mol. The molecule has 1 aliphatic rings. The third-order valence-electron chi connectivity index (χ3n) is 4.75. The highest BCUT2D eigenvalue weighted by Crippen LogP contribution is 2.22. The minimum Gasteiger partial charge on any atom is -0.497 e. The summed E-state index contributed by atoms with van der Waals surface area (Å²) < 4.78 is 10.5.